The van der Waals surface area contributed by atoms with Gasteiger partial charge in [-0.25, -0.2) is 0 Å². The number of hydrogen-bond donors (Lipinski definition) is 0. The number of hydrogen-bond acceptors (Lipinski definition) is 2. The average Bonchev–Trinajstić information content (AvgIpc) is 2.05. The fraction of sp³-hybridized carbons (Fsp3) is 0.750. The summed E-state index contributed by atoms with van der Waals surface area (Å²) in [5.74, 6) is 0. The lowest BCUT2D eigenvalue weighted by molar-refractivity contribution is -0.353. The molecule has 0 spiro atoms. The van der Waals surface area contributed by atoms with E-state index in [1.165, 1.54) is 0 Å². The standard InChI is InChI=1S/C8H8F8O2/c1-2-17-3-5(8(14,15)16)18-7(12,13)4-6(9,10)11/h2,5H,1,3-4H2. The van der Waals surface area contributed by atoms with Crippen LogP contribution in [0.2, 0.25) is 0 Å². The molecule has 0 amide bonds. The van der Waals surface area contributed by atoms with Gasteiger partial charge in [0.15, 0.2) is 6.10 Å². The summed E-state index contributed by atoms with van der Waals surface area (Å²) in [6, 6.07) is 0. The number of alkyl halides is 8. The summed E-state index contributed by atoms with van der Waals surface area (Å²) in [6.07, 6.45) is -21.1. The normalized spacial score (nSPS) is 15.3. The molecule has 0 saturated carbocycles. The second kappa shape index (κ2) is 5.72. The molecule has 0 rings (SSSR count). The van der Waals surface area contributed by atoms with Gasteiger partial charge in [-0.05, 0) is 0 Å². The van der Waals surface area contributed by atoms with E-state index in [-0.39, 0.29) is 0 Å². The van der Waals surface area contributed by atoms with Gasteiger partial charge < -0.3 is 9.47 Å². The van der Waals surface area contributed by atoms with Gasteiger partial charge in [0.05, 0.1) is 6.26 Å². The Labute approximate surface area is 96.2 Å². The molecule has 0 N–H and O–H groups in total. The smallest absolute Gasteiger partial charge is 0.418 e. The fourth-order valence-electron chi connectivity index (χ4n) is 0.834. The third-order valence-electron chi connectivity index (χ3n) is 1.45. The first-order valence-corrected chi connectivity index (χ1v) is 4.29. The van der Waals surface area contributed by atoms with Gasteiger partial charge in [0.1, 0.15) is 13.0 Å². The maximum Gasteiger partial charge on any atom is 0.418 e. The SMILES string of the molecule is C=COCC(OC(F)(F)CC(F)(F)F)C(F)(F)F. The highest BCUT2D eigenvalue weighted by molar-refractivity contribution is 4.72. The van der Waals surface area contributed by atoms with E-state index in [1.54, 1.807) is 0 Å². The van der Waals surface area contributed by atoms with Crippen molar-refractivity contribution in [2.45, 2.75) is 31.0 Å². The molecule has 2 nitrogen and oxygen atoms in total. The van der Waals surface area contributed by atoms with Crippen molar-refractivity contribution in [3.05, 3.63) is 12.8 Å². The van der Waals surface area contributed by atoms with Gasteiger partial charge in [-0.1, -0.05) is 6.58 Å². The zero-order valence-corrected chi connectivity index (χ0v) is 8.62. The molecule has 0 aromatic rings. The van der Waals surface area contributed by atoms with E-state index in [1.807, 2.05) is 0 Å². The zero-order chi connectivity index (χ0) is 14.6. The molecular formula is C8H8F8O2. The molecule has 0 aliphatic heterocycles. The van der Waals surface area contributed by atoms with Crippen molar-refractivity contribution in [3.63, 3.8) is 0 Å². The Morgan fingerprint density at radius 3 is 1.83 bits per heavy atom. The molecule has 0 bridgehead atoms. The average molecular weight is 288 g/mol. The van der Waals surface area contributed by atoms with Crippen molar-refractivity contribution in [2.24, 2.45) is 0 Å². The van der Waals surface area contributed by atoms with Crippen molar-refractivity contribution in [1.82, 2.24) is 0 Å². The second-order valence-electron chi connectivity index (χ2n) is 3.08. The van der Waals surface area contributed by atoms with E-state index in [2.05, 4.69) is 16.1 Å². The first-order valence-electron chi connectivity index (χ1n) is 4.29. The Balaban J connectivity index is 4.70. The van der Waals surface area contributed by atoms with Crippen molar-refractivity contribution < 1.29 is 44.6 Å². The van der Waals surface area contributed by atoms with Crippen LogP contribution in [0.25, 0.3) is 0 Å². The molecule has 1 unspecified atom stereocenters. The number of rotatable bonds is 6. The van der Waals surface area contributed by atoms with E-state index in [0.717, 1.165) is 0 Å². The quantitative estimate of drug-likeness (QED) is 0.549. The van der Waals surface area contributed by atoms with E-state index >= 15 is 0 Å². The van der Waals surface area contributed by atoms with Crippen molar-refractivity contribution in [3.8, 4) is 0 Å². The summed E-state index contributed by atoms with van der Waals surface area (Å²) in [5, 5.41) is 0. The van der Waals surface area contributed by atoms with Crippen LogP contribution in [0.4, 0.5) is 35.1 Å². The Morgan fingerprint density at radius 2 is 1.50 bits per heavy atom. The fourth-order valence-corrected chi connectivity index (χ4v) is 0.834. The van der Waals surface area contributed by atoms with Crippen LogP contribution in [0.3, 0.4) is 0 Å². The summed E-state index contributed by atoms with van der Waals surface area (Å²) >= 11 is 0. The van der Waals surface area contributed by atoms with Crippen molar-refractivity contribution >= 4 is 0 Å². The molecular weight excluding hydrogens is 280 g/mol. The Kier molecular flexibility index (Phi) is 5.38. The molecule has 108 valence electrons. The predicted octanol–water partition coefficient (Wildman–Crippen LogP) is 3.64. The van der Waals surface area contributed by atoms with Crippen molar-refractivity contribution in [2.75, 3.05) is 6.61 Å². The molecule has 18 heavy (non-hydrogen) atoms. The lowest BCUT2D eigenvalue weighted by Crippen LogP contribution is -2.42. The highest BCUT2D eigenvalue weighted by atomic mass is 19.4. The van der Waals surface area contributed by atoms with Crippen molar-refractivity contribution in [1.29, 1.82) is 0 Å². The second-order valence-corrected chi connectivity index (χ2v) is 3.08. The number of halogens is 8. The summed E-state index contributed by atoms with van der Waals surface area (Å²) in [4.78, 5) is 0. The molecule has 0 aromatic heterocycles. The van der Waals surface area contributed by atoms with Gasteiger partial charge in [0.25, 0.3) is 0 Å². The molecule has 0 aromatic carbocycles. The summed E-state index contributed by atoms with van der Waals surface area (Å²) in [5.41, 5.74) is 0. The van der Waals surface area contributed by atoms with Gasteiger partial charge in [-0.15, -0.1) is 0 Å². The third-order valence-corrected chi connectivity index (χ3v) is 1.45. The van der Waals surface area contributed by atoms with Gasteiger partial charge in [0, 0.05) is 0 Å². The molecule has 0 radical (unpaired) electrons. The lowest BCUT2D eigenvalue weighted by atomic mass is 10.3. The topological polar surface area (TPSA) is 18.5 Å². The zero-order valence-electron chi connectivity index (χ0n) is 8.62. The largest absolute Gasteiger partial charge is 0.499 e. The summed E-state index contributed by atoms with van der Waals surface area (Å²) in [6.45, 7) is 1.44. The Bertz CT molecular complexity index is 269. The molecule has 10 heteroatoms. The molecule has 0 saturated heterocycles. The lowest BCUT2D eigenvalue weighted by Gasteiger charge is -2.26. The minimum Gasteiger partial charge on any atom is -0.499 e. The highest BCUT2D eigenvalue weighted by Crippen LogP contribution is 2.36. The van der Waals surface area contributed by atoms with Crippen LogP contribution < -0.4 is 0 Å². The van der Waals surface area contributed by atoms with Gasteiger partial charge in [0.2, 0.25) is 0 Å². The summed E-state index contributed by atoms with van der Waals surface area (Å²) in [7, 11) is 0. The highest BCUT2D eigenvalue weighted by Gasteiger charge is 2.52. The van der Waals surface area contributed by atoms with Gasteiger partial charge >= 0.3 is 18.5 Å². The van der Waals surface area contributed by atoms with E-state index in [9.17, 15) is 35.1 Å². The predicted molar refractivity (Wildman–Crippen MR) is 42.7 cm³/mol. The molecule has 0 aliphatic carbocycles. The van der Waals surface area contributed by atoms with Crippen LogP contribution in [0, 0.1) is 0 Å². The maximum atomic E-state index is 12.6. The van der Waals surface area contributed by atoms with Crippen LogP contribution in [0.5, 0.6) is 0 Å². The van der Waals surface area contributed by atoms with E-state index < -0.39 is 37.6 Å². The first-order chi connectivity index (χ1) is 7.87. The molecule has 0 heterocycles. The molecule has 1 atom stereocenters. The van der Waals surface area contributed by atoms with Crippen LogP contribution >= 0.6 is 0 Å². The van der Waals surface area contributed by atoms with Gasteiger partial charge in [-0.3, -0.25) is 0 Å². The minimum absolute atomic E-state index is 0.518. The van der Waals surface area contributed by atoms with E-state index in [4.69, 9.17) is 0 Å². The first kappa shape index (κ1) is 16.9. The molecule has 0 aliphatic rings. The van der Waals surface area contributed by atoms with Crippen LogP contribution in [0.15, 0.2) is 12.8 Å². The van der Waals surface area contributed by atoms with Crippen LogP contribution in [-0.2, 0) is 9.47 Å². The van der Waals surface area contributed by atoms with Crippen LogP contribution in [-0.4, -0.2) is 31.2 Å². The Morgan fingerprint density at radius 1 is 1.00 bits per heavy atom. The van der Waals surface area contributed by atoms with Crippen LogP contribution in [0.1, 0.15) is 6.42 Å². The van der Waals surface area contributed by atoms with E-state index in [0.29, 0.717) is 6.26 Å². The summed E-state index contributed by atoms with van der Waals surface area (Å²) < 4.78 is 104. The number of ether oxygens (including phenoxy) is 2. The molecule has 0 fully saturated rings. The minimum atomic E-state index is -5.36. The van der Waals surface area contributed by atoms with Gasteiger partial charge in [-0.2, -0.15) is 35.1 Å². The monoisotopic (exact) mass is 288 g/mol. The maximum absolute atomic E-state index is 12.6. The third kappa shape index (κ3) is 7.30. The Hall–Kier alpha value is -1.06.